The van der Waals surface area contributed by atoms with Crippen molar-refractivity contribution in [2.45, 2.75) is 43.4 Å². The first kappa shape index (κ1) is 22.5. The molecule has 170 valence electrons. The quantitative estimate of drug-likeness (QED) is 0.503. The molecule has 0 saturated carbocycles. The van der Waals surface area contributed by atoms with Gasteiger partial charge in [0.15, 0.2) is 15.0 Å². The first-order valence-electron chi connectivity index (χ1n) is 10.4. The number of carbonyl (C=O) groups excluding carboxylic acids is 2. The number of aromatic nitrogens is 3. The SMILES string of the molecule is C=CCn1c(SCC(=O)N2c3ccccc3NC(=O)CC2C)nnc1C1CCS(=O)(=O)C1. The van der Waals surface area contributed by atoms with Gasteiger partial charge in [-0.25, -0.2) is 8.42 Å². The minimum Gasteiger partial charge on any atom is -0.324 e. The Morgan fingerprint density at radius 2 is 2.12 bits per heavy atom. The smallest absolute Gasteiger partial charge is 0.237 e. The lowest BCUT2D eigenvalue weighted by Crippen LogP contribution is -2.40. The first-order valence-corrected chi connectivity index (χ1v) is 13.2. The van der Waals surface area contributed by atoms with E-state index in [0.29, 0.717) is 35.3 Å². The van der Waals surface area contributed by atoms with E-state index in [1.165, 1.54) is 11.8 Å². The Morgan fingerprint density at radius 1 is 1.34 bits per heavy atom. The van der Waals surface area contributed by atoms with Crippen LogP contribution in [0.2, 0.25) is 0 Å². The van der Waals surface area contributed by atoms with Crippen molar-refractivity contribution < 1.29 is 18.0 Å². The van der Waals surface area contributed by atoms with Gasteiger partial charge in [-0.1, -0.05) is 30.0 Å². The molecule has 3 heterocycles. The largest absolute Gasteiger partial charge is 0.324 e. The van der Waals surface area contributed by atoms with Crippen LogP contribution in [0, 0.1) is 0 Å². The van der Waals surface area contributed by atoms with Crippen molar-refractivity contribution in [1.82, 2.24) is 14.8 Å². The highest BCUT2D eigenvalue weighted by Gasteiger charge is 2.34. The van der Waals surface area contributed by atoms with Crippen LogP contribution in [0.3, 0.4) is 0 Å². The molecule has 0 bridgehead atoms. The molecular formula is C21H25N5O4S2. The summed E-state index contributed by atoms with van der Waals surface area (Å²) in [6.07, 6.45) is 2.43. The zero-order chi connectivity index (χ0) is 22.9. The number of amides is 2. The van der Waals surface area contributed by atoms with Crippen LogP contribution in [-0.2, 0) is 26.0 Å². The number of nitrogens with zero attached hydrogens (tertiary/aromatic N) is 4. The number of hydrogen-bond acceptors (Lipinski definition) is 7. The minimum absolute atomic E-state index is 0.0645. The second-order valence-corrected chi connectivity index (χ2v) is 11.2. The molecule has 0 aliphatic carbocycles. The van der Waals surface area contributed by atoms with Crippen LogP contribution in [0.4, 0.5) is 11.4 Å². The molecule has 9 nitrogen and oxygen atoms in total. The van der Waals surface area contributed by atoms with Gasteiger partial charge in [0.25, 0.3) is 0 Å². The molecule has 32 heavy (non-hydrogen) atoms. The number of anilines is 2. The summed E-state index contributed by atoms with van der Waals surface area (Å²) in [6.45, 7) is 6.05. The van der Waals surface area contributed by atoms with Gasteiger partial charge >= 0.3 is 0 Å². The van der Waals surface area contributed by atoms with Crippen LogP contribution < -0.4 is 10.2 Å². The third-order valence-electron chi connectivity index (χ3n) is 5.61. The first-order chi connectivity index (χ1) is 15.3. The third-order valence-corrected chi connectivity index (χ3v) is 8.33. The average molecular weight is 476 g/mol. The van der Waals surface area contributed by atoms with Gasteiger partial charge in [-0.2, -0.15) is 0 Å². The number of para-hydroxylation sites is 2. The molecule has 2 amide bonds. The molecule has 4 rings (SSSR count). The Hall–Kier alpha value is -2.66. The lowest BCUT2D eigenvalue weighted by atomic mass is 10.1. The van der Waals surface area contributed by atoms with E-state index in [0.717, 1.165) is 0 Å². The van der Waals surface area contributed by atoms with Gasteiger partial charge in [0.05, 0.1) is 28.6 Å². The number of allylic oxidation sites excluding steroid dienone is 1. The Kier molecular flexibility index (Phi) is 6.38. The van der Waals surface area contributed by atoms with Crippen LogP contribution in [0.15, 0.2) is 42.1 Å². The summed E-state index contributed by atoms with van der Waals surface area (Å²) in [7, 11) is -3.06. The molecule has 11 heteroatoms. The fraction of sp³-hybridized carbons (Fsp3) is 0.429. The molecule has 1 aromatic carbocycles. The van der Waals surface area contributed by atoms with Gasteiger partial charge in [-0.3, -0.25) is 9.59 Å². The summed E-state index contributed by atoms with van der Waals surface area (Å²) in [5.41, 5.74) is 1.28. The molecule has 2 atom stereocenters. The van der Waals surface area contributed by atoms with Crippen LogP contribution in [0.1, 0.15) is 31.5 Å². The highest BCUT2D eigenvalue weighted by molar-refractivity contribution is 7.99. The zero-order valence-corrected chi connectivity index (χ0v) is 19.4. The highest BCUT2D eigenvalue weighted by Crippen LogP contribution is 2.33. The maximum Gasteiger partial charge on any atom is 0.237 e. The third kappa shape index (κ3) is 4.58. The molecule has 0 radical (unpaired) electrons. The Morgan fingerprint density at radius 3 is 2.84 bits per heavy atom. The van der Waals surface area contributed by atoms with E-state index < -0.39 is 9.84 Å². The fourth-order valence-corrected chi connectivity index (χ4v) is 6.73. The van der Waals surface area contributed by atoms with Crippen molar-refractivity contribution in [3.8, 4) is 0 Å². The maximum absolute atomic E-state index is 13.2. The van der Waals surface area contributed by atoms with Crippen LogP contribution in [-0.4, -0.2) is 58.3 Å². The summed E-state index contributed by atoms with van der Waals surface area (Å²) < 4.78 is 25.6. The molecule has 1 aromatic heterocycles. The van der Waals surface area contributed by atoms with Gasteiger partial charge in [-0.05, 0) is 25.5 Å². The van der Waals surface area contributed by atoms with Gasteiger partial charge in [0, 0.05) is 24.9 Å². The van der Waals surface area contributed by atoms with E-state index in [1.54, 1.807) is 17.0 Å². The minimum atomic E-state index is -3.06. The van der Waals surface area contributed by atoms with Crippen molar-refractivity contribution in [2.75, 3.05) is 27.5 Å². The van der Waals surface area contributed by atoms with Gasteiger partial charge in [-0.15, -0.1) is 16.8 Å². The van der Waals surface area contributed by atoms with Crippen molar-refractivity contribution in [3.05, 3.63) is 42.7 Å². The summed E-state index contributed by atoms with van der Waals surface area (Å²) in [4.78, 5) is 27.0. The fourth-order valence-electron chi connectivity index (χ4n) is 4.17. The summed E-state index contributed by atoms with van der Waals surface area (Å²) in [5, 5.41) is 11.9. The molecule has 2 unspecified atom stereocenters. The zero-order valence-electron chi connectivity index (χ0n) is 17.7. The Labute approximate surface area is 191 Å². The van der Waals surface area contributed by atoms with Crippen LogP contribution in [0.5, 0.6) is 0 Å². The monoisotopic (exact) mass is 475 g/mol. The van der Waals surface area contributed by atoms with E-state index in [4.69, 9.17) is 0 Å². The van der Waals surface area contributed by atoms with E-state index >= 15 is 0 Å². The predicted octanol–water partition coefficient (Wildman–Crippen LogP) is 2.22. The molecule has 1 fully saturated rings. The average Bonchev–Trinajstić information content (AvgIpc) is 3.26. The van der Waals surface area contributed by atoms with E-state index in [2.05, 4.69) is 22.1 Å². The molecule has 2 aliphatic rings. The van der Waals surface area contributed by atoms with Crippen molar-refractivity contribution >= 4 is 44.8 Å². The molecule has 1 N–H and O–H groups in total. The summed E-state index contributed by atoms with van der Waals surface area (Å²) in [5.74, 6) is 0.453. The predicted molar refractivity (Wildman–Crippen MR) is 124 cm³/mol. The van der Waals surface area contributed by atoms with E-state index in [9.17, 15) is 18.0 Å². The van der Waals surface area contributed by atoms with Gasteiger partial charge in [0.1, 0.15) is 5.82 Å². The van der Waals surface area contributed by atoms with E-state index in [1.807, 2.05) is 29.7 Å². The van der Waals surface area contributed by atoms with E-state index in [-0.39, 0.29) is 47.5 Å². The number of fused-ring (bicyclic) bond motifs is 1. The molecule has 2 aromatic rings. The standard InChI is InChI=1S/C21H25N5O4S2/c1-3-9-25-20(15-8-10-32(29,30)13-15)23-24-21(25)31-12-19(28)26-14(2)11-18(27)22-16-6-4-5-7-17(16)26/h3-7,14-15H,1,8-13H2,2H3,(H,22,27). The summed E-state index contributed by atoms with van der Waals surface area (Å²) >= 11 is 1.25. The van der Waals surface area contributed by atoms with Crippen molar-refractivity contribution in [3.63, 3.8) is 0 Å². The molecular weight excluding hydrogens is 450 g/mol. The number of sulfone groups is 1. The Bertz CT molecular complexity index is 1160. The number of hydrogen-bond donors (Lipinski definition) is 1. The second-order valence-electron chi connectivity index (χ2n) is 8.01. The highest BCUT2D eigenvalue weighted by atomic mass is 32.2. The lowest BCUT2D eigenvalue weighted by molar-refractivity contribution is -0.117. The topological polar surface area (TPSA) is 114 Å². The maximum atomic E-state index is 13.2. The van der Waals surface area contributed by atoms with Crippen LogP contribution >= 0.6 is 11.8 Å². The second kappa shape index (κ2) is 9.07. The number of thioether (sulfide) groups is 1. The lowest BCUT2D eigenvalue weighted by Gasteiger charge is -2.27. The molecule has 0 spiro atoms. The number of benzene rings is 1. The van der Waals surface area contributed by atoms with Crippen molar-refractivity contribution in [2.24, 2.45) is 0 Å². The number of nitrogens with one attached hydrogen (secondary N) is 1. The van der Waals surface area contributed by atoms with Gasteiger partial charge in [0.2, 0.25) is 11.8 Å². The number of rotatable bonds is 6. The number of carbonyl (C=O) groups is 2. The molecule has 2 aliphatic heterocycles. The normalized spacial score (nSPS) is 22.2. The Balaban J connectivity index is 1.54. The van der Waals surface area contributed by atoms with Crippen LogP contribution in [0.25, 0.3) is 0 Å². The summed E-state index contributed by atoms with van der Waals surface area (Å²) in [6, 6.07) is 6.95. The van der Waals surface area contributed by atoms with Crippen molar-refractivity contribution in [1.29, 1.82) is 0 Å². The van der Waals surface area contributed by atoms with Gasteiger partial charge < -0.3 is 14.8 Å². The molecule has 1 saturated heterocycles.